The van der Waals surface area contributed by atoms with Crippen LogP contribution in [0.1, 0.15) is 22.2 Å². The first kappa shape index (κ1) is 13.0. The lowest BCUT2D eigenvalue weighted by Gasteiger charge is -2.09. The smallest absolute Gasteiger partial charge is 0.358 e. The second-order valence-electron chi connectivity index (χ2n) is 4.33. The van der Waals surface area contributed by atoms with Crippen molar-refractivity contribution in [3.8, 4) is 0 Å². The van der Waals surface area contributed by atoms with E-state index >= 15 is 0 Å². The number of nitrogens with one attached hydrogen (secondary N) is 1. The number of hydrogen-bond acceptors (Lipinski definition) is 7. The number of aromatic carboxylic acids is 1. The van der Waals surface area contributed by atoms with Gasteiger partial charge in [-0.2, -0.15) is 4.98 Å². The third-order valence-corrected chi connectivity index (χ3v) is 2.86. The molecule has 0 bridgehead atoms. The van der Waals surface area contributed by atoms with E-state index < -0.39 is 5.97 Å². The number of carbonyl (C=O) groups is 1. The zero-order valence-electron chi connectivity index (χ0n) is 11.1. The summed E-state index contributed by atoms with van der Waals surface area (Å²) in [6.45, 7) is 1.91. The summed E-state index contributed by atoms with van der Waals surface area (Å²) >= 11 is 0. The molecule has 2 N–H and O–H groups in total. The van der Waals surface area contributed by atoms with Gasteiger partial charge >= 0.3 is 5.97 Å². The van der Waals surface area contributed by atoms with Gasteiger partial charge in [-0.05, 0) is 6.07 Å². The van der Waals surface area contributed by atoms with Gasteiger partial charge in [0.15, 0.2) is 11.5 Å². The fourth-order valence-corrected chi connectivity index (χ4v) is 1.96. The minimum Gasteiger partial charge on any atom is -0.476 e. The second-order valence-corrected chi connectivity index (χ2v) is 4.33. The number of nitrogens with zero attached hydrogens (tertiary/aromatic N) is 4. The predicted octanol–water partition coefficient (Wildman–Crippen LogP) is 1.63. The summed E-state index contributed by atoms with van der Waals surface area (Å²) in [6.07, 6.45) is 0. The van der Waals surface area contributed by atoms with Crippen molar-refractivity contribution in [3.05, 3.63) is 41.7 Å². The number of anilines is 1. The third-order valence-electron chi connectivity index (χ3n) is 2.86. The van der Waals surface area contributed by atoms with E-state index in [1.165, 1.54) is 0 Å². The van der Waals surface area contributed by atoms with Crippen molar-refractivity contribution >= 4 is 22.6 Å². The van der Waals surface area contributed by atoms with Gasteiger partial charge < -0.3 is 14.9 Å². The maximum atomic E-state index is 11.3. The fourth-order valence-electron chi connectivity index (χ4n) is 1.96. The van der Waals surface area contributed by atoms with Gasteiger partial charge in [-0.15, -0.1) is 10.2 Å². The lowest BCUT2D eigenvalue weighted by Crippen LogP contribution is -2.11. The van der Waals surface area contributed by atoms with E-state index in [1.807, 2.05) is 6.07 Å². The van der Waals surface area contributed by atoms with Gasteiger partial charge in [0.2, 0.25) is 5.89 Å². The summed E-state index contributed by atoms with van der Waals surface area (Å²) in [7, 11) is 0. The van der Waals surface area contributed by atoms with Crippen LogP contribution >= 0.6 is 0 Å². The Morgan fingerprint density at radius 2 is 2.14 bits per heavy atom. The molecule has 0 fully saturated rings. The Bertz CT molecular complexity index is 814. The van der Waals surface area contributed by atoms with Gasteiger partial charge in [0.05, 0.1) is 17.7 Å². The first-order chi connectivity index (χ1) is 10.1. The third kappa shape index (κ3) is 2.50. The largest absolute Gasteiger partial charge is 0.476 e. The van der Waals surface area contributed by atoms with Crippen molar-refractivity contribution in [2.45, 2.75) is 13.5 Å². The molecule has 0 amide bonds. The zero-order chi connectivity index (χ0) is 14.8. The van der Waals surface area contributed by atoms with E-state index in [9.17, 15) is 9.90 Å². The van der Waals surface area contributed by atoms with Gasteiger partial charge in [0, 0.05) is 12.3 Å². The number of fused-ring (bicyclic) bond motifs is 1. The number of aryl methyl sites for hydroxylation is 1. The molecule has 1 aromatic carbocycles. The highest BCUT2D eigenvalue weighted by molar-refractivity contribution is 6.02. The number of aromatic nitrogens is 4. The molecule has 21 heavy (non-hydrogen) atoms. The molecule has 2 aromatic heterocycles. The Morgan fingerprint density at radius 3 is 2.86 bits per heavy atom. The molecule has 2 heterocycles. The molecule has 106 valence electrons. The summed E-state index contributed by atoms with van der Waals surface area (Å²) in [5.41, 5.74) is 0.846. The maximum absolute atomic E-state index is 11.3. The quantitative estimate of drug-likeness (QED) is 0.743. The van der Waals surface area contributed by atoms with Crippen molar-refractivity contribution in [3.63, 3.8) is 0 Å². The molecule has 0 aliphatic carbocycles. The first-order valence-corrected chi connectivity index (χ1v) is 6.17. The van der Waals surface area contributed by atoms with Crippen molar-refractivity contribution in [1.82, 2.24) is 20.3 Å². The van der Waals surface area contributed by atoms with Crippen molar-refractivity contribution in [1.29, 1.82) is 0 Å². The highest BCUT2D eigenvalue weighted by Crippen LogP contribution is 2.24. The average Bonchev–Trinajstić information content (AvgIpc) is 2.90. The zero-order valence-corrected chi connectivity index (χ0v) is 11.1. The lowest BCUT2D eigenvalue weighted by atomic mass is 10.1. The Morgan fingerprint density at radius 1 is 1.33 bits per heavy atom. The molecule has 0 saturated carbocycles. The van der Waals surface area contributed by atoms with Gasteiger partial charge in [-0.25, -0.2) is 4.79 Å². The van der Waals surface area contributed by atoms with Crippen LogP contribution < -0.4 is 5.32 Å². The van der Waals surface area contributed by atoms with Gasteiger partial charge in [0.1, 0.15) is 0 Å². The normalized spacial score (nSPS) is 10.7. The summed E-state index contributed by atoms with van der Waals surface area (Å²) < 4.78 is 4.87. The summed E-state index contributed by atoms with van der Waals surface area (Å²) in [4.78, 5) is 15.3. The summed E-state index contributed by atoms with van der Waals surface area (Å²) in [6, 6.07) is 7.15. The lowest BCUT2D eigenvalue weighted by molar-refractivity contribution is 0.0690. The Balaban J connectivity index is 2.01. The van der Waals surface area contributed by atoms with E-state index in [0.717, 1.165) is 0 Å². The average molecular weight is 285 g/mol. The standard InChI is InChI=1S/C13H11N5O3/c1-7-15-10(18-21-7)6-14-11-8-4-2-3-5-9(8)16-17-12(11)13(19)20/h2-5H,6H2,1H3,(H,14,16)(H,19,20). The molecule has 8 heteroatoms. The monoisotopic (exact) mass is 285 g/mol. The topological polar surface area (TPSA) is 114 Å². The molecule has 3 rings (SSSR count). The first-order valence-electron chi connectivity index (χ1n) is 6.17. The van der Waals surface area contributed by atoms with Crippen LogP contribution in [0.25, 0.3) is 10.9 Å². The van der Waals surface area contributed by atoms with Crippen molar-refractivity contribution in [2.24, 2.45) is 0 Å². The molecule has 0 radical (unpaired) electrons. The minimum atomic E-state index is -1.15. The summed E-state index contributed by atoms with van der Waals surface area (Å²) in [5.74, 6) is -0.271. The predicted molar refractivity (Wildman–Crippen MR) is 72.9 cm³/mol. The Kier molecular flexibility index (Phi) is 3.19. The highest BCUT2D eigenvalue weighted by atomic mass is 16.5. The van der Waals surface area contributed by atoms with Crippen molar-refractivity contribution in [2.75, 3.05) is 5.32 Å². The van der Waals surface area contributed by atoms with E-state index in [-0.39, 0.29) is 12.2 Å². The number of benzene rings is 1. The molecular weight excluding hydrogens is 274 g/mol. The van der Waals surface area contributed by atoms with E-state index in [0.29, 0.717) is 28.3 Å². The van der Waals surface area contributed by atoms with E-state index in [2.05, 4.69) is 25.7 Å². The number of hydrogen-bond donors (Lipinski definition) is 2. The van der Waals surface area contributed by atoms with Crippen LogP contribution in [0.4, 0.5) is 5.69 Å². The SMILES string of the molecule is Cc1nc(CNc2c(C(=O)O)nnc3ccccc23)no1. The molecule has 8 nitrogen and oxygen atoms in total. The second kappa shape index (κ2) is 5.16. The van der Waals surface area contributed by atoms with Crippen LogP contribution in [0.15, 0.2) is 28.8 Å². The molecule has 0 aliphatic heterocycles. The molecule has 0 aliphatic rings. The van der Waals surface area contributed by atoms with Gasteiger partial charge in [0.25, 0.3) is 0 Å². The van der Waals surface area contributed by atoms with Crippen LogP contribution in [-0.4, -0.2) is 31.4 Å². The van der Waals surface area contributed by atoms with Gasteiger partial charge in [-0.1, -0.05) is 23.4 Å². The van der Waals surface area contributed by atoms with E-state index in [4.69, 9.17) is 4.52 Å². The Labute approximate surface area is 118 Å². The van der Waals surface area contributed by atoms with Crippen LogP contribution in [-0.2, 0) is 6.54 Å². The highest BCUT2D eigenvalue weighted by Gasteiger charge is 2.17. The fraction of sp³-hybridized carbons (Fsp3) is 0.154. The maximum Gasteiger partial charge on any atom is 0.358 e. The van der Waals surface area contributed by atoms with Crippen LogP contribution in [0.3, 0.4) is 0 Å². The van der Waals surface area contributed by atoms with E-state index in [1.54, 1.807) is 25.1 Å². The minimum absolute atomic E-state index is 0.145. The molecule has 0 saturated heterocycles. The van der Waals surface area contributed by atoms with Crippen molar-refractivity contribution < 1.29 is 14.4 Å². The Hall–Kier alpha value is -3.03. The van der Waals surface area contributed by atoms with Crippen LogP contribution in [0.5, 0.6) is 0 Å². The van der Waals surface area contributed by atoms with Crippen LogP contribution in [0, 0.1) is 6.92 Å². The summed E-state index contributed by atoms with van der Waals surface area (Å²) in [5, 5.41) is 24.3. The number of rotatable bonds is 4. The molecule has 0 unspecified atom stereocenters. The van der Waals surface area contributed by atoms with Gasteiger partial charge in [-0.3, -0.25) is 0 Å². The van der Waals surface area contributed by atoms with Crippen LogP contribution in [0.2, 0.25) is 0 Å². The number of carboxylic acids is 1. The molecule has 3 aromatic rings. The molecular formula is C13H11N5O3. The molecule has 0 spiro atoms. The molecule has 0 atom stereocenters. The number of carboxylic acid groups (broad SMARTS) is 1.